The van der Waals surface area contributed by atoms with E-state index in [2.05, 4.69) is 37.3 Å². The van der Waals surface area contributed by atoms with Crippen LogP contribution in [0.25, 0.3) is 10.8 Å². The molecule has 1 aliphatic heterocycles. The Morgan fingerprint density at radius 3 is 2.62 bits per heavy atom. The molecule has 2 aromatic carbocycles. The zero-order chi connectivity index (χ0) is 11.3. The highest BCUT2D eigenvalue weighted by Gasteiger charge is 2.30. The van der Waals surface area contributed by atoms with E-state index >= 15 is 0 Å². The van der Waals surface area contributed by atoms with E-state index in [1.54, 1.807) is 0 Å². The van der Waals surface area contributed by atoms with Gasteiger partial charge in [0.05, 0.1) is 0 Å². The third-order valence-corrected chi connectivity index (χ3v) is 6.13. The van der Waals surface area contributed by atoms with Gasteiger partial charge in [0.15, 0.2) is 0 Å². The first-order valence-corrected chi connectivity index (χ1v) is 8.02. The Morgan fingerprint density at radius 2 is 1.88 bits per heavy atom. The summed E-state index contributed by atoms with van der Waals surface area (Å²) in [7, 11) is -2.06. The van der Waals surface area contributed by atoms with Crippen molar-refractivity contribution in [1.82, 2.24) is 0 Å². The van der Waals surface area contributed by atoms with Gasteiger partial charge in [0.2, 0.25) is 0 Å². The topological polar surface area (TPSA) is 17.1 Å². The average molecular weight is 230 g/mol. The lowest BCUT2D eigenvalue weighted by Crippen LogP contribution is -2.04. The highest BCUT2D eigenvalue weighted by atomic mass is 31.2. The molecule has 0 spiro atoms. The van der Waals surface area contributed by atoms with E-state index in [4.69, 9.17) is 0 Å². The third-order valence-electron chi connectivity index (χ3n) is 3.64. The van der Waals surface area contributed by atoms with E-state index in [9.17, 15) is 4.57 Å². The van der Waals surface area contributed by atoms with Gasteiger partial charge in [-0.3, -0.25) is 0 Å². The third kappa shape index (κ3) is 1.28. The van der Waals surface area contributed by atoms with Crippen molar-refractivity contribution in [2.75, 3.05) is 12.8 Å². The van der Waals surface area contributed by atoms with E-state index in [1.165, 1.54) is 21.9 Å². The maximum Gasteiger partial charge on any atom is 0.113 e. The van der Waals surface area contributed by atoms with Crippen LogP contribution in [0.2, 0.25) is 0 Å². The minimum atomic E-state index is -2.06. The molecule has 1 aliphatic rings. The highest BCUT2D eigenvalue weighted by Crippen LogP contribution is 2.48. The van der Waals surface area contributed by atoms with Gasteiger partial charge in [-0.05, 0) is 48.0 Å². The van der Waals surface area contributed by atoms with Gasteiger partial charge in [0.25, 0.3) is 0 Å². The van der Waals surface area contributed by atoms with E-state index in [0.717, 1.165) is 17.9 Å². The molecule has 1 nitrogen and oxygen atoms in total. The molecule has 0 saturated heterocycles. The molecule has 0 N–H and O–H groups in total. The van der Waals surface area contributed by atoms with Gasteiger partial charge >= 0.3 is 0 Å². The lowest BCUT2D eigenvalue weighted by molar-refractivity contribution is 0.586. The maximum absolute atomic E-state index is 12.4. The smallest absolute Gasteiger partial charge is 0.113 e. The standard InChI is InChI=1S/C14H15OP/c1-10-9-14-13(7-8-16(14,2)15)12-6-4-3-5-11(10)12/h3-6,9H,7-8H2,1-2H3. The number of benzene rings is 2. The van der Waals surface area contributed by atoms with Crippen molar-refractivity contribution in [3.05, 3.63) is 41.5 Å². The zero-order valence-corrected chi connectivity index (χ0v) is 10.6. The summed E-state index contributed by atoms with van der Waals surface area (Å²) >= 11 is 0. The first-order valence-electron chi connectivity index (χ1n) is 5.68. The molecule has 16 heavy (non-hydrogen) atoms. The van der Waals surface area contributed by atoms with Crippen molar-refractivity contribution >= 4 is 23.2 Å². The van der Waals surface area contributed by atoms with Gasteiger partial charge in [-0.25, -0.2) is 0 Å². The summed E-state index contributed by atoms with van der Waals surface area (Å²) in [6, 6.07) is 10.6. The fourth-order valence-electron chi connectivity index (χ4n) is 2.73. The van der Waals surface area contributed by atoms with Crippen molar-refractivity contribution in [2.45, 2.75) is 13.3 Å². The number of fused-ring (bicyclic) bond motifs is 3. The molecular weight excluding hydrogens is 215 g/mol. The second kappa shape index (κ2) is 3.21. The quantitative estimate of drug-likeness (QED) is 0.634. The maximum atomic E-state index is 12.4. The molecule has 0 aromatic heterocycles. The lowest BCUT2D eigenvalue weighted by atomic mass is 9.99. The molecule has 0 aliphatic carbocycles. The lowest BCUT2D eigenvalue weighted by Gasteiger charge is -2.11. The first kappa shape index (κ1) is 10.1. The molecular formula is C14H15OP. The van der Waals surface area contributed by atoms with E-state index < -0.39 is 7.14 Å². The molecule has 2 heteroatoms. The number of hydrogen-bond donors (Lipinski definition) is 0. The van der Waals surface area contributed by atoms with Crippen molar-refractivity contribution in [3.63, 3.8) is 0 Å². The molecule has 0 fully saturated rings. The molecule has 1 heterocycles. The first-order chi connectivity index (χ1) is 7.59. The summed E-state index contributed by atoms with van der Waals surface area (Å²) in [6.45, 7) is 4.04. The predicted molar refractivity (Wildman–Crippen MR) is 70.4 cm³/mol. The SMILES string of the molecule is Cc1cc2c(c3ccccc13)CCP2(C)=O. The van der Waals surface area contributed by atoms with Crippen LogP contribution in [0.3, 0.4) is 0 Å². The molecule has 0 amide bonds. The fourth-order valence-corrected chi connectivity index (χ4v) is 4.89. The number of hydrogen-bond acceptors (Lipinski definition) is 1. The number of aryl methyl sites for hydroxylation is 2. The summed E-state index contributed by atoms with van der Waals surface area (Å²) < 4.78 is 12.4. The van der Waals surface area contributed by atoms with E-state index in [-0.39, 0.29) is 0 Å². The average Bonchev–Trinajstić information content (AvgIpc) is 2.56. The summed E-state index contributed by atoms with van der Waals surface area (Å²) in [5.41, 5.74) is 2.57. The summed E-state index contributed by atoms with van der Waals surface area (Å²) in [6.07, 6.45) is 1.82. The van der Waals surface area contributed by atoms with Crippen LogP contribution in [0.5, 0.6) is 0 Å². The highest BCUT2D eigenvalue weighted by molar-refractivity contribution is 7.71. The monoisotopic (exact) mass is 230 g/mol. The van der Waals surface area contributed by atoms with Crippen LogP contribution in [0, 0.1) is 6.92 Å². The largest absolute Gasteiger partial charge is 0.319 e. The van der Waals surface area contributed by atoms with Crippen LogP contribution in [-0.2, 0) is 11.0 Å². The molecule has 2 aromatic rings. The summed E-state index contributed by atoms with van der Waals surface area (Å²) in [5, 5.41) is 3.74. The Kier molecular flexibility index (Phi) is 2.03. The van der Waals surface area contributed by atoms with Gasteiger partial charge in [0.1, 0.15) is 7.14 Å². The Bertz CT molecular complexity index is 628. The minimum Gasteiger partial charge on any atom is -0.319 e. The molecule has 0 bridgehead atoms. The van der Waals surface area contributed by atoms with Crippen molar-refractivity contribution in [1.29, 1.82) is 0 Å². The Labute approximate surface area is 95.9 Å². The van der Waals surface area contributed by atoms with Crippen molar-refractivity contribution in [3.8, 4) is 0 Å². The normalized spacial score (nSPS) is 23.6. The van der Waals surface area contributed by atoms with Crippen LogP contribution in [0.1, 0.15) is 11.1 Å². The Hall–Kier alpha value is -1.07. The molecule has 1 atom stereocenters. The minimum absolute atomic E-state index is 0.843. The van der Waals surface area contributed by atoms with Crippen molar-refractivity contribution < 1.29 is 4.57 Å². The van der Waals surface area contributed by atoms with Crippen LogP contribution in [0.15, 0.2) is 30.3 Å². The van der Waals surface area contributed by atoms with E-state index in [1.807, 2.05) is 6.66 Å². The van der Waals surface area contributed by atoms with Crippen molar-refractivity contribution in [2.24, 2.45) is 0 Å². The van der Waals surface area contributed by atoms with Gasteiger partial charge in [-0.15, -0.1) is 0 Å². The van der Waals surface area contributed by atoms with Gasteiger partial charge < -0.3 is 4.57 Å². The second-order valence-electron chi connectivity index (χ2n) is 4.81. The molecule has 0 radical (unpaired) electrons. The zero-order valence-electron chi connectivity index (χ0n) is 9.66. The molecule has 1 unspecified atom stereocenters. The van der Waals surface area contributed by atoms with Gasteiger partial charge in [-0.2, -0.15) is 0 Å². The molecule has 82 valence electrons. The van der Waals surface area contributed by atoms with E-state index in [0.29, 0.717) is 0 Å². The number of rotatable bonds is 0. The van der Waals surface area contributed by atoms with Crippen LogP contribution in [0.4, 0.5) is 0 Å². The van der Waals surface area contributed by atoms with Crippen LogP contribution in [-0.4, -0.2) is 12.8 Å². The van der Waals surface area contributed by atoms with Crippen LogP contribution < -0.4 is 5.30 Å². The molecule has 3 rings (SSSR count). The van der Waals surface area contributed by atoms with Gasteiger partial charge in [0, 0.05) is 11.5 Å². The Morgan fingerprint density at radius 1 is 1.19 bits per heavy atom. The molecule has 0 saturated carbocycles. The fraction of sp³-hybridized carbons (Fsp3) is 0.286. The van der Waals surface area contributed by atoms with Gasteiger partial charge in [-0.1, -0.05) is 24.3 Å². The Balaban J connectivity index is 2.48. The predicted octanol–water partition coefficient (Wildman–Crippen LogP) is 3.32. The van der Waals surface area contributed by atoms with Crippen LogP contribution >= 0.6 is 7.14 Å². The summed E-state index contributed by atoms with van der Waals surface area (Å²) in [5.74, 6) is 0. The summed E-state index contributed by atoms with van der Waals surface area (Å²) in [4.78, 5) is 0. The second-order valence-corrected chi connectivity index (χ2v) is 7.94.